The molecular formula is C20H15NO. The van der Waals surface area contributed by atoms with Gasteiger partial charge in [-0.2, -0.15) is 0 Å². The molecule has 106 valence electrons. The molecule has 1 aromatic heterocycles. The smallest absolute Gasteiger partial charge is 0.134 e. The van der Waals surface area contributed by atoms with Crippen LogP contribution < -0.4 is 4.74 Å². The summed E-state index contributed by atoms with van der Waals surface area (Å²) in [5.74, 6) is 2.02. The summed E-state index contributed by atoms with van der Waals surface area (Å²) in [7, 11) is 0. The average molecular weight is 285 g/mol. The van der Waals surface area contributed by atoms with Gasteiger partial charge in [0.05, 0.1) is 5.69 Å². The Labute approximate surface area is 128 Å². The Hall–Kier alpha value is -2.74. The number of fused-ring (bicyclic) bond motifs is 6. The Morgan fingerprint density at radius 2 is 1.82 bits per heavy atom. The van der Waals surface area contributed by atoms with Gasteiger partial charge >= 0.3 is 0 Å². The maximum atomic E-state index is 6.26. The highest BCUT2D eigenvalue weighted by Crippen LogP contribution is 2.46. The van der Waals surface area contributed by atoms with Crippen molar-refractivity contribution in [1.82, 2.24) is 4.98 Å². The topological polar surface area (TPSA) is 25.0 Å². The fourth-order valence-corrected chi connectivity index (χ4v) is 3.49. The van der Waals surface area contributed by atoms with Crippen LogP contribution >= 0.6 is 0 Å². The molecule has 22 heavy (non-hydrogen) atoms. The van der Waals surface area contributed by atoms with Crippen molar-refractivity contribution in [2.45, 2.75) is 12.8 Å². The lowest BCUT2D eigenvalue weighted by Gasteiger charge is -2.14. The van der Waals surface area contributed by atoms with Crippen LogP contribution in [0.25, 0.3) is 27.6 Å². The van der Waals surface area contributed by atoms with Crippen molar-refractivity contribution in [3.8, 4) is 16.9 Å². The van der Waals surface area contributed by atoms with Crippen molar-refractivity contribution < 1.29 is 4.74 Å². The van der Waals surface area contributed by atoms with E-state index in [2.05, 4.69) is 59.6 Å². The van der Waals surface area contributed by atoms with E-state index in [1.165, 1.54) is 27.7 Å². The predicted molar refractivity (Wildman–Crippen MR) is 89.7 cm³/mol. The molecule has 5 rings (SSSR count). The van der Waals surface area contributed by atoms with Gasteiger partial charge in [-0.05, 0) is 18.6 Å². The van der Waals surface area contributed by atoms with Crippen LogP contribution in [0.4, 0.5) is 0 Å². The lowest BCUT2D eigenvalue weighted by atomic mass is 9.96. The van der Waals surface area contributed by atoms with Gasteiger partial charge in [0.1, 0.15) is 11.5 Å². The standard InChI is InChI=1S/C20H15NO/c1-4-10-16-13(7-1)19-14-8-2-5-11-17(14)22-18-12-6-3-9-15(18)20(19)21-16/h1-5,7-11,21H,6,12H2. The highest BCUT2D eigenvalue weighted by atomic mass is 16.5. The zero-order valence-electron chi connectivity index (χ0n) is 12.1. The number of para-hydroxylation sites is 2. The van der Waals surface area contributed by atoms with Gasteiger partial charge in [-0.25, -0.2) is 0 Å². The van der Waals surface area contributed by atoms with Crippen LogP contribution in [0.1, 0.15) is 18.5 Å². The second-order valence-electron chi connectivity index (χ2n) is 5.80. The van der Waals surface area contributed by atoms with Crippen molar-refractivity contribution in [3.05, 3.63) is 72.1 Å². The molecule has 0 fully saturated rings. The summed E-state index contributed by atoms with van der Waals surface area (Å²) in [4.78, 5) is 3.61. The number of benzene rings is 2. The number of rotatable bonds is 0. The molecule has 2 heterocycles. The fourth-order valence-electron chi connectivity index (χ4n) is 3.49. The van der Waals surface area contributed by atoms with E-state index in [0.29, 0.717) is 0 Å². The first-order valence-corrected chi connectivity index (χ1v) is 7.70. The molecule has 2 nitrogen and oxygen atoms in total. The van der Waals surface area contributed by atoms with Crippen LogP contribution in [-0.4, -0.2) is 4.98 Å². The molecule has 1 aliphatic carbocycles. The Morgan fingerprint density at radius 3 is 2.82 bits per heavy atom. The third kappa shape index (κ3) is 1.55. The molecule has 2 heteroatoms. The molecule has 1 N–H and O–H groups in total. The normalized spacial score (nSPS) is 15.8. The van der Waals surface area contributed by atoms with Crippen LogP contribution in [0.5, 0.6) is 5.75 Å². The Bertz CT molecular complexity index is 959. The van der Waals surface area contributed by atoms with E-state index >= 15 is 0 Å². The second kappa shape index (κ2) is 4.38. The first-order chi connectivity index (χ1) is 10.9. The molecule has 0 spiro atoms. The third-order valence-corrected chi connectivity index (χ3v) is 4.49. The molecule has 0 radical (unpaired) electrons. The number of hydrogen-bond acceptors (Lipinski definition) is 1. The number of ether oxygens (including phenoxy) is 1. The van der Waals surface area contributed by atoms with Crippen molar-refractivity contribution in [3.63, 3.8) is 0 Å². The molecule has 0 saturated carbocycles. The highest BCUT2D eigenvalue weighted by molar-refractivity contribution is 6.05. The summed E-state index contributed by atoms with van der Waals surface area (Å²) in [6, 6.07) is 16.8. The van der Waals surface area contributed by atoms with Gasteiger partial charge in [0.2, 0.25) is 0 Å². The molecule has 3 aromatic rings. The van der Waals surface area contributed by atoms with Gasteiger partial charge in [-0.1, -0.05) is 48.6 Å². The largest absolute Gasteiger partial charge is 0.460 e. The zero-order chi connectivity index (χ0) is 14.5. The van der Waals surface area contributed by atoms with E-state index in [4.69, 9.17) is 4.74 Å². The second-order valence-corrected chi connectivity index (χ2v) is 5.80. The quantitative estimate of drug-likeness (QED) is 0.596. The fraction of sp³-hybridized carbons (Fsp3) is 0.100. The molecular weight excluding hydrogens is 270 g/mol. The lowest BCUT2D eigenvalue weighted by Crippen LogP contribution is -2.01. The Balaban J connectivity index is 1.95. The summed E-state index contributed by atoms with van der Waals surface area (Å²) < 4.78 is 6.26. The molecule has 2 aliphatic rings. The van der Waals surface area contributed by atoms with Crippen molar-refractivity contribution in [2.24, 2.45) is 0 Å². The van der Waals surface area contributed by atoms with E-state index in [9.17, 15) is 0 Å². The molecule has 0 unspecified atom stereocenters. The number of nitrogens with one attached hydrogen (secondary N) is 1. The van der Waals surface area contributed by atoms with Gasteiger partial charge < -0.3 is 9.72 Å². The van der Waals surface area contributed by atoms with Crippen LogP contribution in [0, 0.1) is 0 Å². The Kier molecular flexibility index (Phi) is 2.36. The first-order valence-electron chi connectivity index (χ1n) is 7.70. The van der Waals surface area contributed by atoms with Crippen LogP contribution in [0.15, 0.2) is 66.4 Å². The number of allylic oxidation sites excluding steroid dienone is 4. The van der Waals surface area contributed by atoms with E-state index in [-0.39, 0.29) is 0 Å². The number of hydrogen-bond donors (Lipinski definition) is 1. The van der Waals surface area contributed by atoms with E-state index < -0.39 is 0 Å². The molecule has 1 aliphatic heterocycles. The van der Waals surface area contributed by atoms with E-state index in [1.54, 1.807) is 0 Å². The molecule has 0 atom stereocenters. The summed E-state index contributed by atoms with van der Waals surface area (Å²) in [5.41, 5.74) is 5.96. The number of H-pyrrole nitrogens is 1. The predicted octanol–water partition coefficient (Wildman–Crippen LogP) is 5.29. The van der Waals surface area contributed by atoms with Gasteiger partial charge in [-0.3, -0.25) is 0 Å². The van der Waals surface area contributed by atoms with Gasteiger partial charge in [0.15, 0.2) is 0 Å². The van der Waals surface area contributed by atoms with Gasteiger partial charge in [-0.15, -0.1) is 0 Å². The SMILES string of the molecule is C1=CC2=C(CC1)Oc1ccccc1-c1c2[nH]c2ccccc12. The van der Waals surface area contributed by atoms with Crippen molar-refractivity contribution in [1.29, 1.82) is 0 Å². The lowest BCUT2D eigenvalue weighted by molar-refractivity contribution is 0.408. The Morgan fingerprint density at radius 1 is 0.955 bits per heavy atom. The number of aromatic nitrogens is 1. The van der Waals surface area contributed by atoms with E-state index in [0.717, 1.165) is 29.9 Å². The zero-order valence-corrected chi connectivity index (χ0v) is 12.1. The van der Waals surface area contributed by atoms with Crippen LogP contribution in [0.2, 0.25) is 0 Å². The molecule has 0 amide bonds. The third-order valence-electron chi connectivity index (χ3n) is 4.49. The van der Waals surface area contributed by atoms with Gasteiger partial charge in [0, 0.05) is 34.0 Å². The minimum Gasteiger partial charge on any atom is -0.460 e. The summed E-state index contributed by atoms with van der Waals surface area (Å²) in [5, 5.41) is 1.25. The van der Waals surface area contributed by atoms with Gasteiger partial charge in [0.25, 0.3) is 0 Å². The van der Waals surface area contributed by atoms with Crippen LogP contribution in [0.3, 0.4) is 0 Å². The first kappa shape index (κ1) is 11.9. The maximum Gasteiger partial charge on any atom is 0.134 e. The van der Waals surface area contributed by atoms with E-state index in [1.807, 2.05) is 6.07 Å². The van der Waals surface area contributed by atoms with Crippen molar-refractivity contribution >= 4 is 16.5 Å². The summed E-state index contributed by atoms with van der Waals surface area (Å²) >= 11 is 0. The van der Waals surface area contributed by atoms with Crippen LogP contribution in [-0.2, 0) is 0 Å². The maximum absolute atomic E-state index is 6.26. The summed E-state index contributed by atoms with van der Waals surface area (Å²) in [6.45, 7) is 0. The molecule has 0 bridgehead atoms. The van der Waals surface area contributed by atoms with Crippen molar-refractivity contribution in [2.75, 3.05) is 0 Å². The average Bonchev–Trinajstić information content (AvgIpc) is 2.89. The minimum atomic E-state index is 0.953. The molecule has 0 saturated heterocycles. The minimum absolute atomic E-state index is 0.953. The highest BCUT2D eigenvalue weighted by Gasteiger charge is 2.25. The molecule has 2 aromatic carbocycles. The monoisotopic (exact) mass is 285 g/mol. The summed E-state index contributed by atoms with van der Waals surface area (Å²) in [6.07, 6.45) is 6.41. The number of aromatic amines is 1.